The molecule has 0 atom stereocenters. The van der Waals surface area contributed by atoms with Crippen LogP contribution in [0.2, 0.25) is 0 Å². The summed E-state index contributed by atoms with van der Waals surface area (Å²) >= 11 is 2.27. The molecule has 0 spiro atoms. The lowest BCUT2D eigenvalue weighted by Crippen LogP contribution is -1.93. The molecule has 15 heavy (non-hydrogen) atoms. The Hall–Kier alpha value is -0.840. The van der Waals surface area contributed by atoms with Gasteiger partial charge in [0.05, 0.1) is 15.5 Å². The van der Waals surface area contributed by atoms with Crippen LogP contribution in [0.4, 0.5) is 0 Å². The Morgan fingerprint density at radius 1 is 1.20 bits per heavy atom. The number of halogens is 1. The maximum Gasteiger partial charge on any atom is 0.0646 e. The van der Waals surface area contributed by atoms with Crippen molar-refractivity contribution < 1.29 is 0 Å². The molecule has 1 aromatic heterocycles. The molecule has 1 fully saturated rings. The molecular formula is C12H11IN2. The molecule has 0 unspecified atom stereocenters. The van der Waals surface area contributed by atoms with Gasteiger partial charge in [-0.25, -0.2) is 4.68 Å². The quantitative estimate of drug-likeness (QED) is 0.778. The second-order valence-corrected chi connectivity index (χ2v) is 5.21. The number of rotatable bonds is 2. The minimum atomic E-state index is 0.830. The molecular weight excluding hydrogens is 299 g/mol. The van der Waals surface area contributed by atoms with Crippen molar-refractivity contribution in [1.82, 2.24) is 9.78 Å². The van der Waals surface area contributed by atoms with Gasteiger partial charge in [-0.15, -0.1) is 0 Å². The molecule has 0 N–H and O–H groups in total. The van der Waals surface area contributed by atoms with E-state index in [9.17, 15) is 0 Å². The van der Waals surface area contributed by atoms with E-state index in [1.54, 1.807) is 0 Å². The largest absolute Gasteiger partial charge is 0.240 e. The average molecular weight is 310 g/mol. The average Bonchev–Trinajstić information content (AvgIpc) is 3.02. The van der Waals surface area contributed by atoms with Crippen LogP contribution in [0.5, 0.6) is 0 Å². The van der Waals surface area contributed by atoms with Gasteiger partial charge in [-0.05, 0) is 59.0 Å². The Bertz CT molecular complexity index is 469. The number of hydrogen-bond donors (Lipinski definition) is 0. The van der Waals surface area contributed by atoms with Crippen LogP contribution in [0.3, 0.4) is 0 Å². The maximum atomic E-state index is 4.29. The van der Waals surface area contributed by atoms with Gasteiger partial charge >= 0.3 is 0 Å². The Morgan fingerprint density at radius 3 is 2.47 bits per heavy atom. The van der Waals surface area contributed by atoms with E-state index in [-0.39, 0.29) is 0 Å². The number of hydrogen-bond acceptors (Lipinski definition) is 1. The Morgan fingerprint density at radius 2 is 1.93 bits per heavy atom. The van der Waals surface area contributed by atoms with Crippen molar-refractivity contribution in [3.05, 3.63) is 45.8 Å². The second kappa shape index (κ2) is 3.63. The van der Waals surface area contributed by atoms with E-state index in [0.29, 0.717) is 0 Å². The minimum absolute atomic E-state index is 0.830. The van der Waals surface area contributed by atoms with Gasteiger partial charge in [-0.2, -0.15) is 5.10 Å². The van der Waals surface area contributed by atoms with Crippen LogP contribution in [0, 0.1) is 3.57 Å². The third-order valence-corrected chi connectivity index (χ3v) is 3.31. The van der Waals surface area contributed by atoms with E-state index in [2.05, 4.69) is 52.0 Å². The molecule has 3 rings (SSSR count). The summed E-state index contributed by atoms with van der Waals surface area (Å²) < 4.78 is 3.08. The zero-order valence-electron chi connectivity index (χ0n) is 8.23. The SMILES string of the molecule is Ic1cnn(-c2ccc(C3CC3)cc2)c1. The van der Waals surface area contributed by atoms with Gasteiger partial charge in [0, 0.05) is 6.20 Å². The molecule has 0 aliphatic heterocycles. The first-order valence-corrected chi connectivity index (χ1v) is 6.21. The van der Waals surface area contributed by atoms with Gasteiger partial charge in [-0.1, -0.05) is 12.1 Å². The topological polar surface area (TPSA) is 17.8 Å². The first-order valence-electron chi connectivity index (χ1n) is 5.13. The van der Waals surface area contributed by atoms with Crippen molar-refractivity contribution in [3.8, 4) is 5.69 Å². The van der Waals surface area contributed by atoms with Gasteiger partial charge in [0.15, 0.2) is 0 Å². The van der Waals surface area contributed by atoms with E-state index >= 15 is 0 Å². The van der Waals surface area contributed by atoms with Gasteiger partial charge in [-0.3, -0.25) is 0 Å². The zero-order valence-corrected chi connectivity index (χ0v) is 10.4. The summed E-state index contributed by atoms with van der Waals surface area (Å²) in [5, 5.41) is 4.29. The summed E-state index contributed by atoms with van der Waals surface area (Å²) in [6, 6.07) is 8.75. The summed E-state index contributed by atoms with van der Waals surface area (Å²) in [6.45, 7) is 0. The highest BCUT2D eigenvalue weighted by atomic mass is 127. The predicted octanol–water partition coefficient (Wildman–Crippen LogP) is 3.35. The molecule has 1 saturated carbocycles. The zero-order chi connectivity index (χ0) is 10.3. The lowest BCUT2D eigenvalue weighted by atomic mass is 10.1. The Labute approximate surface area is 102 Å². The van der Waals surface area contributed by atoms with Crippen LogP contribution in [0.25, 0.3) is 5.69 Å². The highest BCUT2D eigenvalue weighted by molar-refractivity contribution is 14.1. The fourth-order valence-electron chi connectivity index (χ4n) is 1.76. The molecule has 0 radical (unpaired) electrons. The molecule has 0 amide bonds. The molecule has 0 saturated heterocycles. The second-order valence-electron chi connectivity index (χ2n) is 3.97. The van der Waals surface area contributed by atoms with Crippen molar-refractivity contribution in [2.75, 3.05) is 0 Å². The fourth-order valence-corrected chi connectivity index (χ4v) is 2.15. The van der Waals surface area contributed by atoms with Crippen LogP contribution in [0.1, 0.15) is 24.3 Å². The van der Waals surface area contributed by atoms with Gasteiger partial charge < -0.3 is 0 Å². The lowest BCUT2D eigenvalue weighted by Gasteiger charge is -2.02. The molecule has 76 valence electrons. The Balaban J connectivity index is 1.92. The first kappa shape index (κ1) is 9.39. The number of benzene rings is 1. The van der Waals surface area contributed by atoms with Crippen molar-refractivity contribution in [2.24, 2.45) is 0 Å². The number of nitrogens with zero attached hydrogens (tertiary/aromatic N) is 2. The van der Waals surface area contributed by atoms with Crippen LogP contribution < -0.4 is 0 Å². The van der Waals surface area contributed by atoms with Gasteiger partial charge in [0.2, 0.25) is 0 Å². The monoisotopic (exact) mass is 310 g/mol. The summed E-state index contributed by atoms with van der Waals surface area (Å²) in [6.07, 6.45) is 6.63. The third kappa shape index (κ3) is 1.93. The highest BCUT2D eigenvalue weighted by Crippen LogP contribution is 2.40. The smallest absolute Gasteiger partial charge is 0.0646 e. The standard InChI is InChI=1S/C12H11IN2/c13-11-7-14-15(8-11)12-5-3-10(4-6-12)9-1-2-9/h3-9H,1-2H2. The first-order chi connectivity index (χ1) is 7.33. The lowest BCUT2D eigenvalue weighted by molar-refractivity contribution is 0.879. The highest BCUT2D eigenvalue weighted by Gasteiger charge is 2.22. The maximum absolute atomic E-state index is 4.29. The molecule has 2 nitrogen and oxygen atoms in total. The van der Waals surface area contributed by atoms with E-state index < -0.39 is 0 Å². The molecule has 0 bridgehead atoms. The molecule has 1 aliphatic rings. The van der Waals surface area contributed by atoms with Crippen LogP contribution in [0.15, 0.2) is 36.7 Å². The van der Waals surface area contributed by atoms with Crippen molar-refractivity contribution in [2.45, 2.75) is 18.8 Å². The van der Waals surface area contributed by atoms with E-state index in [4.69, 9.17) is 0 Å². The molecule has 1 heterocycles. The predicted molar refractivity (Wildman–Crippen MR) is 68.3 cm³/mol. The number of aromatic nitrogens is 2. The molecule has 2 aromatic rings. The van der Waals surface area contributed by atoms with Crippen LogP contribution in [-0.2, 0) is 0 Å². The van der Waals surface area contributed by atoms with Gasteiger partial charge in [0.1, 0.15) is 0 Å². The summed E-state index contributed by atoms with van der Waals surface area (Å²) in [5.74, 6) is 0.830. The van der Waals surface area contributed by atoms with Gasteiger partial charge in [0.25, 0.3) is 0 Å². The van der Waals surface area contributed by atoms with Crippen molar-refractivity contribution in [1.29, 1.82) is 0 Å². The van der Waals surface area contributed by atoms with Crippen LogP contribution >= 0.6 is 22.6 Å². The van der Waals surface area contributed by atoms with Crippen molar-refractivity contribution >= 4 is 22.6 Å². The van der Waals surface area contributed by atoms with E-state index in [0.717, 1.165) is 11.6 Å². The fraction of sp³-hybridized carbons (Fsp3) is 0.250. The molecule has 1 aromatic carbocycles. The van der Waals surface area contributed by atoms with E-state index in [1.807, 2.05) is 17.1 Å². The Kier molecular flexibility index (Phi) is 2.27. The molecule has 1 aliphatic carbocycles. The normalized spacial score (nSPS) is 15.5. The molecule has 3 heteroatoms. The third-order valence-electron chi connectivity index (χ3n) is 2.76. The summed E-state index contributed by atoms with van der Waals surface area (Å²) in [5.41, 5.74) is 2.61. The minimum Gasteiger partial charge on any atom is -0.240 e. The van der Waals surface area contributed by atoms with Crippen LogP contribution in [-0.4, -0.2) is 9.78 Å². The van der Waals surface area contributed by atoms with Crippen molar-refractivity contribution in [3.63, 3.8) is 0 Å². The van der Waals surface area contributed by atoms with E-state index in [1.165, 1.54) is 22.0 Å². The summed E-state index contributed by atoms with van der Waals surface area (Å²) in [7, 11) is 0. The summed E-state index contributed by atoms with van der Waals surface area (Å²) in [4.78, 5) is 0.